The van der Waals surface area contributed by atoms with E-state index >= 15 is 0 Å². The lowest BCUT2D eigenvalue weighted by Crippen LogP contribution is -2.44. The van der Waals surface area contributed by atoms with Crippen LogP contribution in [0, 0.1) is 18.3 Å². The molecule has 0 aromatic carbocycles. The average molecular weight is 386 g/mol. The summed E-state index contributed by atoms with van der Waals surface area (Å²) in [4.78, 5) is 23.9. The molecular weight excluding hydrogens is 369 g/mol. The molecular formula is C16H17F3N4O4. The van der Waals surface area contributed by atoms with Gasteiger partial charge >= 0.3 is 11.9 Å². The van der Waals surface area contributed by atoms with Crippen LogP contribution in [0.15, 0.2) is 26.1 Å². The number of furan rings is 1. The number of aryl methyl sites for hydroxylation is 1. The zero-order valence-electron chi connectivity index (χ0n) is 14.7. The zero-order valence-corrected chi connectivity index (χ0v) is 14.7. The minimum absolute atomic E-state index is 0.196. The summed E-state index contributed by atoms with van der Waals surface area (Å²) in [6.07, 6.45) is -5.91. The number of alkyl halides is 3. The standard InChI is InChI=1S/C16H17F3N4O4/c1-9-4-5-11(27-9)15(26,16(17,18)19)6-7-21-12-10(8-20)13(24)23(3)14(25)22(12)2/h4-5,21,26H,6-7H2,1-3H3/t15-/m1/s1. The van der Waals surface area contributed by atoms with Crippen LogP contribution >= 0.6 is 0 Å². The molecule has 146 valence electrons. The van der Waals surface area contributed by atoms with Crippen molar-refractivity contribution in [2.45, 2.75) is 25.1 Å². The molecule has 0 bridgehead atoms. The smallest absolute Gasteiger partial charge is 0.424 e. The Labute approximate surface area is 151 Å². The van der Waals surface area contributed by atoms with Gasteiger partial charge in [0.1, 0.15) is 23.4 Å². The van der Waals surface area contributed by atoms with Crippen molar-refractivity contribution < 1.29 is 22.7 Å². The quantitative estimate of drug-likeness (QED) is 0.796. The molecule has 0 fully saturated rings. The van der Waals surface area contributed by atoms with Gasteiger partial charge in [-0.3, -0.25) is 13.9 Å². The molecule has 2 heterocycles. The molecule has 2 N–H and O–H groups in total. The predicted octanol–water partition coefficient (Wildman–Crippen LogP) is 1.11. The third kappa shape index (κ3) is 3.48. The summed E-state index contributed by atoms with van der Waals surface area (Å²) in [5.41, 5.74) is -5.34. The Morgan fingerprint density at radius 1 is 1.26 bits per heavy atom. The Balaban J connectivity index is 2.36. The van der Waals surface area contributed by atoms with Crippen molar-refractivity contribution in [3.63, 3.8) is 0 Å². The van der Waals surface area contributed by atoms with Crippen LogP contribution in [-0.2, 0) is 19.7 Å². The Hall–Kier alpha value is -3.00. The molecule has 0 amide bonds. The Morgan fingerprint density at radius 2 is 1.89 bits per heavy atom. The molecule has 1 atom stereocenters. The van der Waals surface area contributed by atoms with Gasteiger partial charge in [0.2, 0.25) is 5.60 Å². The second-order valence-electron chi connectivity index (χ2n) is 5.99. The number of halogens is 3. The molecule has 0 aliphatic rings. The van der Waals surface area contributed by atoms with E-state index in [0.717, 1.165) is 10.6 Å². The number of nitrogens with one attached hydrogen (secondary N) is 1. The van der Waals surface area contributed by atoms with Gasteiger partial charge in [0.05, 0.1) is 0 Å². The number of aromatic nitrogens is 2. The lowest BCUT2D eigenvalue weighted by Gasteiger charge is -2.29. The van der Waals surface area contributed by atoms with Gasteiger partial charge in [-0.25, -0.2) is 4.79 Å². The molecule has 2 aromatic rings. The highest BCUT2D eigenvalue weighted by atomic mass is 19.4. The first-order valence-electron chi connectivity index (χ1n) is 7.74. The van der Waals surface area contributed by atoms with Crippen molar-refractivity contribution in [1.82, 2.24) is 9.13 Å². The van der Waals surface area contributed by atoms with Crippen LogP contribution in [0.5, 0.6) is 0 Å². The average Bonchev–Trinajstić information content (AvgIpc) is 3.03. The van der Waals surface area contributed by atoms with E-state index in [1.807, 2.05) is 0 Å². The molecule has 2 rings (SSSR count). The summed E-state index contributed by atoms with van der Waals surface area (Å²) in [7, 11) is 2.44. The number of nitriles is 1. The highest BCUT2D eigenvalue weighted by Crippen LogP contribution is 2.42. The van der Waals surface area contributed by atoms with E-state index in [0.29, 0.717) is 4.57 Å². The van der Waals surface area contributed by atoms with Gasteiger partial charge in [-0.2, -0.15) is 18.4 Å². The molecule has 0 spiro atoms. The van der Waals surface area contributed by atoms with Gasteiger partial charge in [0.15, 0.2) is 5.56 Å². The number of rotatable bonds is 5. The molecule has 0 saturated carbocycles. The van der Waals surface area contributed by atoms with E-state index < -0.39 is 47.3 Å². The highest BCUT2D eigenvalue weighted by Gasteiger charge is 2.56. The first-order valence-corrected chi connectivity index (χ1v) is 7.74. The minimum Gasteiger partial charge on any atom is -0.463 e. The van der Waals surface area contributed by atoms with Crippen LogP contribution in [0.25, 0.3) is 0 Å². The van der Waals surface area contributed by atoms with Crippen LogP contribution < -0.4 is 16.6 Å². The molecule has 8 nitrogen and oxygen atoms in total. The lowest BCUT2D eigenvalue weighted by atomic mass is 9.95. The summed E-state index contributed by atoms with van der Waals surface area (Å²) >= 11 is 0. The molecule has 0 unspecified atom stereocenters. The maximum atomic E-state index is 13.4. The summed E-state index contributed by atoms with van der Waals surface area (Å²) < 4.78 is 46.9. The zero-order chi connectivity index (χ0) is 20.6. The largest absolute Gasteiger partial charge is 0.463 e. The van der Waals surface area contributed by atoms with Gasteiger partial charge in [-0.15, -0.1) is 0 Å². The van der Waals surface area contributed by atoms with Gasteiger partial charge in [-0.1, -0.05) is 0 Å². The van der Waals surface area contributed by atoms with Crippen molar-refractivity contribution in [2.24, 2.45) is 14.1 Å². The van der Waals surface area contributed by atoms with Crippen molar-refractivity contribution in [3.05, 3.63) is 50.1 Å². The van der Waals surface area contributed by atoms with E-state index in [-0.39, 0.29) is 11.6 Å². The molecule has 27 heavy (non-hydrogen) atoms. The molecule has 0 radical (unpaired) electrons. The Bertz CT molecular complexity index is 1010. The van der Waals surface area contributed by atoms with Crippen LogP contribution in [0.3, 0.4) is 0 Å². The van der Waals surface area contributed by atoms with E-state index in [1.54, 1.807) is 6.07 Å². The second kappa shape index (κ2) is 6.96. The molecule has 11 heteroatoms. The van der Waals surface area contributed by atoms with E-state index in [9.17, 15) is 27.9 Å². The summed E-state index contributed by atoms with van der Waals surface area (Å²) in [5.74, 6) is -0.709. The third-order valence-corrected chi connectivity index (χ3v) is 4.17. The normalized spacial score (nSPS) is 13.9. The molecule has 0 aliphatic carbocycles. The van der Waals surface area contributed by atoms with E-state index in [2.05, 4.69) is 5.32 Å². The van der Waals surface area contributed by atoms with Gasteiger partial charge < -0.3 is 14.8 Å². The van der Waals surface area contributed by atoms with Crippen LogP contribution in [0.1, 0.15) is 23.5 Å². The highest BCUT2D eigenvalue weighted by molar-refractivity contribution is 5.51. The van der Waals surface area contributed by atoms with Crippen LogP contribution in [0.2, 0.25) is 0 Å². The van der Waals surface area contributed by atoms with Gasteiger partial charge in [-0.05, 0) is 19.1 Å². The monoisotopic (exact) mass is 386 g/mol. The molecule has 0 saturated heterocycles. The number of anilines is 1. The van der Waals surface area contributed by atoms with Crippen LogP contribution in [-0.4, -0.2) is 27.0 Å². The van der Waals surface area contributed by atoms with E-state index in [1.165, 1.54) is 27.1 Å². The summed E-state index contributed by atoms with van der Waals surface area (Å²) in [6.45, 7) is 0.943. The fraction of sp³-hybridized carbons (Fsp3) is 0.438. The van der Waals surface area contributed by atoms with Crippen LogP contribution in [0.4, 0.5) is 19.0 Å². The van der Waals surface area contributed by atoms with E-state index in [4.69, 9.17) is 9.68 Å². The van der Waals surface area contributed by atoms with Crippen molar-refractivity contribution in [1.29, 1.82) is 5.26 Å². The molecule has 0 aliphatic heterocycles. The summed E-state index contributed by atoms with van der Waals surface area (Å²) in [5, 5.41) is 21.8. The lowest BCUT2D eigenvalue weighted by molar-refractivity contribution is -0.274. The maximum Gasteiger partial charge on any atom is 0.424 e. The molecule has 2 aromatic heterocycles. The van der Waals surface area contributed by atoms with Gasteiger partial charge in [0, 0.05) is 27.1 Å². The Morgan fingerprint density at radius 3 is 2.37 bits per heavy atom. The van der Waals surface area contributed by atoms with Crippen molar-refractivity contribution >= 4 is 5.82 Å². The topological polar surface area (TPSA) is 113 Å². The first-order chi connectivity index (χ1) is 12.4. The Kier molecular flexibility index (Phi) is 5.23. The summed E-state index contributed by atoms with van der Waals surface area (Å²) in [6, 6.07) is 3.94. The minimum atomic E-state index is -5.03. The number of hydrogen-bond acceptors (Lipinski definition) is 6. The van der Waals surface area contributed by atoms with Crippen molar-refractivity contribution in [3.8, 4) is 6.07 Å². The van der Waals surface area contributed by atoms with Gasteiger partial charge in [0.25, 0.3) is 5.56 Å². The fourth-order valence-electron chi connectivity index (χ4n) is 2.58. The fourth-order valence-corrected chi connectivity index (χ4v) is 2.58. The SMILES string of the molecule is Cc1ccc([C@](O)(CCNc2c(C#N)c(=O)n(C)c(=O)n2C)C(F)(F)F)o1. The predicted molar refractivity (Wildman–Crippen MR) is 88.1 cm³/mol. The number of aliphatic hydroxyl groups is 1. The first kappa shape index (κ1) is 20.3. The maximum absolute atomic E-state index is 13.4. The number of hydrogen-bond donors (Lipinski definition) is 2. The second-order valence-corrected chi connectivity index (χ2v) is 5.99. The third-order valence-electron chi connectivity index (χ3n) is 4.17. The van der Waals surface area contributed by atoms with Crippen molar-refractivity contribution in [2.75, 3.05) is 11.9 Å². The number of nitrogens with zero attached hydrogens (tertiary/aromatic N) is 3.